The van der Waals surface area contributed by atoms with Crippen LogP contribution in [0.3, 0.4) is 0 Å². The predicted molar refractivity (Wildman–Crippen MR) is 106 cm³/mol. The van der Waals surface area contributed by atoms with Gasteiger partial charge in [-0.2, -0.15) is 0 Å². The van der Waals surface area contributed by atoms with Gasteiger partial charge in [0.15, 0.2) is 0 Å². The number of hydrogen-bond acceptors (Lipinski definition) is 6. The summed E-state index contributed by atoms with van der Waals surface area (Å²) >= 11 is 0. The van der Waals surface area contributed by atoms with Crippen LogP contribution in [-0.2, 0) is 9.47 Å². The number of nitrogens with zero attached hydrogens (tertiary/aromatic N) is 3. The maximum Gasteiger partial charge on any atom is 0.410 e. The number of carbonyl (C=O) groups excluding carboxylic acids is 1. The number of benzene rings is 1. The molecule has 2 heterocycles. The van der Waals surface area contributed by atoms with Crippen LogP contribution in [0.1, 0.15) is 26.3 Å². The van der Waals surface area contributed by atoms with E-state index in [0.29, 0.717) is 31.5 Å². The fourth-order valence-electron chi connectivity index (χ4n) is 2.92. The highest BCUT2D eigenvalue weighted by molar-refractivity contribution is 5.68. The summed E-state index contributed by atoms with van der Waals surface area (Å²) in [6.07, 6.45) is -0.365. The minimum absolute atomic E-state index is 0.241. The van der Waals surface area contributed by atoms with Crippen molar-refractivity contribution in [3.63, 3.8) is 0 Å². The molecule has 1 aromatic carbocycles. The predicted octanol–water partition coefficient (Wildman–Crippen LogP) is 2.78. The SMILES string of the molecule is Cc1c(OCC2COCCN2C(=O)OC(C)(C)C)nn(-c2ccccc2)c1N. The Morgan fingerprint density at radius 2 is 2.04 bits per heavy atom. The number of para-hydroxylation sites is 1. The van der Waals surface area contributed by atoms with Crippen molar-refractivity contribution in [2.45, 2.75) is 39.3 Å². The Labute approximate surface area is 165 Å². The van der Waals surface area contributed by atoms with Gasteiger partial charge in [0.05, 0.1) is 30.5 Å². The lowest BCUT2D eigenvalue weighted by Gasteiger charge is -2.36. The van der Waals surface area contributed by atoms with E-state index in [1.54, 1.807) is 9.58 Å². The Hall–Kier alpha value is -2.74. The molecule has 0 spiro atoms. The second kappa shape index (κ2) is 8.10. The molecule has 152 valence electrons. The average molecular weight is 388 g/mol. The number of ether oxygens (including phenoxy) is 3. The van der Waals surface area contributed by atoms with Gasteiger partial charge < -0.3 is 19.9 Å². The Morgan fingerprint density at radius 3 is 2.71 bits per heavy atom. The highest BCUT2D eigenvalue weighted by Crippen LogP contribution is 2.26. The van der Waals surface area contributed by atoms with Gasteiger partial charge in [-0.25, -0.2) is 9.48 Å². The van der Waals surface area contributed by atoms with Crippen LogP contribution in [0, 0.1) is 6.92 Å². The van der Waals surface area contributed by atoms with E-state index in [1.807, 2.05) is 58.0 Å². The molecule has 0 radical (unpaired) electrons. The summed E-state index contributed by atoms with van der Waals surface area (Å²) in [5, 5.41) is 4.49. The Morgan fingerprint density at radius 1 is 1.32 bits per heavy atom. The van der Waals surface area contributed by atoms with Crippen LogP contribution in [0.5, 0.6) is 5.88 Å². The van der Waals surface area contributed by atoms with Gasteiger partial charge in [0.25, 0.3) is 0 Å². The van der Waals surface area contributed by atoms with E-state index in [0.717, 1.165) is 11.3 Å². The summed E-state index contributed by atoms with van der Waals surface area (Å²) in [6.45, 7) is 8.96. The molecule has 2 N–H and O–H groups in total. The molecule has 0 saturated carbocycles. The van der Waals surface area contributed by atoms with E-state index >= 15 is 0 Å². The van der Waals surface area contributed by atoms with E-state index in [2.05, 4.69) is 5.10 Å². The lowest BCUT2D eigenvalue weighted by atomic mass is 10.2. The van der Waals surface area contributed by atoms with Gasteiger partial charge in [-0.3, -0.25) is 4.90 Å². The lowest BCUT2D eigenvalue weighted by molar-refractivity contribution is -0.0422. The summed E-state index contributed by atoms with van der Waals surface area (Å²) in [5.74, 6) is 0.959. The van der Waals surface area contributed by atoms with Crippen LogP contribution in [0.25, 0.3) is 5.69 Å². The first kappa shape index (κ1) is 20.0. The first-order chi connectivity index (χ1) is 13.3. The number of morpholine rings is 1. The summed E-state index contributed by atoms with van der Waals surface area (Å²) in [4.78, 5) is 14.2. The molecule has 1 saturated heterocycles. The third-order valence-corrected chi connectivity index (χ3v) is 4.39. The largest absolute Gasteiger partial charge is 0.474 e. The quantitative estimate of drug-likeness (QED) is 0.866. The Balaban J connectivity index is 1.71. The number of amides is 1. The van der Waals surface area contributed by atoms with Crippen LogP contribution in [-0.4, -0.2) is 58.8 Å². The molecule has 2 aromatic rings. The van der Waals surface area contributed by atoms with Gasteiger partial charge in [0, 0.05) is 6.54 Å². The van der Waals surface area contributed by atoms with E-state index in [-0.39, 0.29) is 18.7 Å². The van der Waals surface area contributed by atoms with Crippen LogP contribution < -0.4 is 10.5 Å². The number of aromatic nitrogens is 2. The van der Waals surface area contributed by atoms with Crippen LogP contribution in [0.15, 0.2) is 30.3 Å². The number of rotatable bonds is 4. The van der Waals surface area contributed by atoms with Crippen molar-refractivity contribution in [3.05, 3.63) is 35.9 Å². The number of carbonyl (C=O) groups is 1. The molecule has 1 aliphatic heterocycles. The number of nitrogen functional groups attached to an aromatic ring is 1. The third-order valence-electron chi connectivity index (χ3n) is 4.39. The molecule has 0 bridgehead atoms. The second-order valence-electron chi connectivity index (χ2n) is 7.78. The Kier molecular flexibility index (Phi) is 5.79. The van der Waals surface area contributed by atoms with E-state index in [9.17, 15) is 4.79 Å². The molecule has 1 amide bonds. The fraction of sp³-hybridized carbons (Fsp3) is 0.500. The van der Waals surface area contributed by atoms with Crippen molar-refractivity contribution >= 4 is 11.9 Å². The minimum atomic E-state index is -0.555. The molecule has 8 heteroatoms. The second-order valence-corrected chi connectivity index (χ2v) is 7.78. The highest BCUT2D eigenvalue weighted by Gasteiger charge is 2.32. The van der Waals surface area contributed by atoms with Crippen molar-refractivity contribution in [3.8, 4) is 11.6 Å². The molecule has 1 fully saturated rings. The number of nitrogens with two attached hydrogens (primary N) is 1. The summed E-state index contributed by atoms with van der Waals surface area (Å²) in [5.41, 5.74) is 7.25. The van der Waals surface area contributed by atoms with Gasteiger partial charge in [-0.05, 0) is 39.8 Å². The number of anilines is 1. The zero-order valence-corrected chi connectivity index (χ0v) is 16.8. The third kappa shape index (κ3) is 4.56. The summed E-state index contributed by atoms with van der Waals surface area (Å²) < 4.78 is 18.6. The smallest absolute Gasteiger partial charge is 0.410 e. The topological polar surface area (TPSA) is 91.8 Å². The van der Waals surface area contributed by atoms with Crippen molar-refractivity contribution in [1.82, 2.24) is 14.7 Å². The van der Waals surface area contributed by atoms with Gasteiger partial charge in [-0.1, -0.05) is 18.2 Å². The summed E-state index contributed by atoms with van der Waals surface area (Å²) in [7, 11) is 0. The lowest BCUT2D eigenvalue weighted by Crippen LogP contribution is -2.52. The molecule has 1 atom stereocenters. The normalized spacial score (nSPS) is 17.4. The standard InChI is InChI=1S/C20H28N4O4/c1-14-17(21)24(15-8-6-5-7-9-15)22-18(14)27-13-16-12-26-11-10-23(16)19(25)28-20(2,3)4/h5-9,16H,10-13,21H2,1-4H3. The molecular formula is C20H28N4O4. The van der Waals surface area contributed by atoms with Crippen LogP contribution >= 0.6 is 0 Å². The van der Waals surface area contributed by atoms with Gasteiger partial charge in [0.2, 0.25) is 5.88 Å². The maximum absolute atomic E-state index is 12.5. The average Bonchev–Trinajstić information content (AvgIpc) is 2.94. The first-order valence-corrected chi connectivity index (χ1v) is 9.37. The highest BCUT2D eigenvalue weighted by atomic mass is 16.6. The first-order valence-electron chi connectivity index (χ1n) is 9.37. The van der Waals surface area contributed by atoms with Crippen molar-refractivity contribution in [1.29, 1.82) is 0 Å². The molecule has 3 rings (SSSR count). The molecule has 1 aromatic heterocycles. The number of hydrogen-bond donors (Lipinski definition) is 1. The van der Waals surface area contributed by atoms with Gasteiger partial charge >= 0.3 is 6.09 Å². The Bertz CT molecular complexity index is 814. The van der Waals surface area contributed by atoms with Gasteiger partial charge in [-0.15, -0.1) is 5.10 Å². The van der Waals surface area contributed by atoms with Gasteiger partial charge in [0.1, 0.15) is 18.0 Å². The fourth-order valence-corrected chi connectivity index (χ4v) is 2.92. The molecule has 8 nitrogen and oxygen atoms in total. The minimum Gasteiger partial charge on any atom is -0.474 e. The van der Waals surface area contributed by atoms with Crippen molar-refractivity contribution < 1.29 is 19.0 Å². The molecule has 1 aliphatic rings. The zero-order chi connectivity index (χ0) is 20.3. The van der Waals surface area contributed by atoms with Crippen LogP contribution in [0.2, 0.25) is 0 Å². The van der Waals surface area contributed by atoms with E-state index in [4.69, 9.17) is 19.9 Å². The van der Waals surface area contributed by atoms with Crippen LogP contribution in [0.4, 0.5) is 10.6 Å². The monoisotopic (exact) mass is 388 g/mol. The zero-order valence-electron chi connectivity index (χ0n) is 16.8. The molecular weight excluding hydrogens is 360 g/mol. The van der Waals surface area contributed by atoms with E-state index in [1.165, 1.54) is 0 Å². The maximum atomic E-state index is 12.5. The van der Waals surface area contributed by atoms with E-state index < -0.39 is 5.60 Å². The summed E-state index contributed by atoms with van der Waals surface area (Å²) in [6, 6.07) is 9.36. The van der Waals surface area contributed by atoms with Crippen molar-refractivity contribution in [2.75, 3.05) is 32.1 Å². The molecule has 0 aliphatic carbocycles. The van der Waals surface area contributed by atoms with Crippen molar-refractivity contribution in [2.24, 2.45) is 0 Å². The molecule has 1 unspecified atom stereocenters. The molecule has 28 heavy (non-hydrogen) atoms.